The monoisotopic (exact) mass is 263 g/mol. The van der Waals surface area contributed by atoms with Crippen LogP contribution in [0, 0.1) is 13.8 Å². The number of nitrogens with one attached hydrogen (secondary N) is 1. The van der Waals surface area contributed by atoms with Crippen molar-refractivity contribution in [3.63, 3.8) is 0 Å². The molecule has 2 rings (SSSR count). The fourth-order valence-corrected chi connectivity index (χ4v) is 1.42. The van der Waals surface area contributed by atoms with Gasteiger partial charge < -0.3 is 14.6 Å². The highest BCUT2D eigenvalue weighted by Crippen LogP contribution is 2.08. The lowest BCUT2D eigenvalue weighted by Crippen LogP contribution is -2.11. The number of esters is 1. The Kier molecular flexibility index (Phi) is 3.69. The third kappa shape index (κ3) is 3.24. The SMILES string of the molecule is COC(=O)c1nc(C)cc(NCc2nc(C)no2)n1. The Balaban J connectivity index is 2.11. The lowest BCUT2D eigenvalue weighted by atomic mass is 10.4. The molecule has 0 aliphatic heterocycles. The van der Waals surface area contributed by atoms with Crippen LogP contribution in [-0.2, 0) is 11.3 Å². The van der Waals surface area contributed by atoms with Crippen molar-refractivity contribution in [2.75, 3.05) is 12.4 Å². The third-order valence-corrected chi connectivity index (χ3v) is 2.21. The van der Waals surface area contributed by atoms with Gasteiger partial charge in [-0.25, -0.2) is 14.8 Å². The van der Waals surface area contributed by atoms with Gasteiger partial charge in [0, 0.05) is 11.8 Å². The summed E-state index contributed by atoms with van der Waals surface area (Å²) in [7, 11) is 1.28. The number of ether oxygens (including phenoxy) is 1. The van der Waals surface area contributed by atoms with Gasteiger partial charge in [-0.15, -0.1) is 0 Å². The first-order valence-electron chi connectivity index (χ1n) is 5.55. The smallest absolute Gasteiger partial charge is 0.376 e. The van der Waals surface area contributed by atoms with Crippen LogP contribution in [0.2, 0.25) is 0 Å². The average Bonchev–Trinajstić information content (AvgIpc) is 2.80. The molecule has 0 aliphatic carbocycles. The fraction of sp³-hybridized carbons (Fsp3) is 0.364. The Bertz CT molecular complexity index is 596. The summed E-state index contributed by atoms with van der Waals surface area (Å²) in [6, 6.07) is 1.70. The van der Waals surface area contributed by atoms with Gasteiger partial charge in [-0.1, -0.05) is 5.16 Å². The second kappa shape index (κ2) is 5.42. The molecule has 0 spiro atoms. The first-order valence-corrected chi connectivity index (χ1v) is 5.55. The summed E-state index contributed by atoms with van der Waals surface area (Å²) in [5.74, 6) is 0.912. The number of anilines is 1. The summed E-state index contributed by atoms with van der Waals surface area (Å²) in [5.41, 5.74) is 0.652. The lowest BCUT2D eigenvalue weighted by Gasteiger charge is -2.05. The molecule has 2 aromatic rings. The molecule has 0 aliphatic rings. The molecule has 1 N–H and O–H groups in total. The largest absolute Gasteiger partial charge is 0.463 e. The van der Waals surface area contributed by atoms with Crippen molar-refractivity contribution in [1.29, 1.82) is 0 Å². The highest BCUT2D eigenvalue weighted by atomic mass is 16.5. The van der Waals surface area contributed by atoms with E-state index in [1.54, 1.807) is 19.9 Å². The van der Waals surface area contributed by atoms with Crippen molar-refractivity contribution in [3.8, 4) is 0 Å². The maximum absolute atomic E-state index is 11.4. The number of aryl methyl sites for hydroxylation is 2. The molecule has 2 heterocycles. The number of carbonyl (C=O) groups is 1. The van der Waals surface area contributed by atoms with Crippen LogP contribution in [0.3, 0.4) is 0 Å². The van der Waals surface area contributed by atoms with Crippen LogP contribution >= 0.6 is 0 Å². The molecule has 0 atom stereocenters. The number of hydrogen-bond donors (Lipinski definition) is 1. The summed E-state index contributed by atoms with van der Waals surface area (Å²) >= 11 is 0. The van der Waals surface area contributed by atoms with Crippen LogP contribution in [0.1, 0.15) is 28.0 Å². The molecular formula is C11H13N5O3. The number of hydrogen-bond acceptors (Lipinski definition) is 8. The molecular weight excluding hydrogens is 250 g/mol. The predicted molar refractivity (Wildman–Crippen MR) is 64.5 cm³/mol. The van der Waals surface area contributed by atoms with E-state index < -0.39 is 5.97 Å². The third-order valence-electron chi connectivity index (χ3n) is 2.21. The van der Waals surface area contributed by atoms with Crippen LogP contribution < -0.4 is 5.32 Å². The van der Waals surface area contributed by atoms with E-state index in [0.717, 1.165) is 0 Å². The molecule has 0 aromatic carbocycles. The van der Waals surface area contributed by atoms with E-state index in [4.69, 9.17) is 4.52 Å². The minimum Gasteiger partial charge on any atom is -0.463 e. The maximum Gasteiger partial charge on any atom is 0.376 e. The van der Waals surface area contributed by atoms with Gasteiger partial charge in [-0.05, 0) is 13.8 Å². The summed E-state index contributed by atoms with van der Waals surface area (Å²) in [6.45, 7) is 3.81. The molecule has 2 aromatic heterocycles. The Morgan fingerprint density at radius 3 is 2.79 bits per heavy atom. The van der Waals surface area contributed by atoms with Crippen molar-refractivity contribution >= 4 is 11.8 Å². The quantitative estimate of drug-likeness (QED) is 0.810. The minimum absolute atomic E-state index is 0.00621. The van der Waals surface area contributed by atoms with Crippen LogP contribution in [0.25, 0.3) is 0 Å². The van der Waals surface area contributed by atoms with Gasteiger partial charge in [0.05, 0.1) is 13.7 Å². The van der Waals surface area contributed by atoms with Crippen molar-refractivity contribution in [1.82, 2.24) is 20.1 Å². The predicted octanol–water partition coefficient (Wildman–Crippen LogP) is 0.875. The molecule has 0 radical (unpaired) electrons. The molecule has 100 valence electrons. The van der Waals surface area contributed by atoms with Gasteiger partial charge in [0.15, 0.2) is 5.82 Å². The minimum atomic E-state index is -0.583. The van der Waals surface area contributed by atoms with E-state index in [9.17, 15) is 4.79 Å². The first kappa shape index (κ1) is 12.9. The molecule has 0 fully saturated rings. The molecule has 0 saturated carbocycles. The van der Waals surface area contributed by atoms with Crippen LogP contribution in [-0.4, -0.2) is 33.2 Å². The van der Waals surface area contributed by atoms with Crippen LogP contribution in [0.4, 0.5) is 5.82 Å². The average molecular weight is 263 g/mol. The van der Waals surface area contributed by atoms with Crippen molar-refractivity contribution in [2.45, 2.75) is 20.4 Å². The van der Waals surface area contributed by atoms with Crippen molar-refractivity contribution in [2.24, 2.45) is 0 Å². The number of methoxy groups -OCH3 is 1. The summed E-state index contributed by atoms with van der Waals surface area (Å²) in [4.78, 5) is 23.5. The zero-order chi connectivity index (χ0) is 13.8. The zero-order valence-electron chi connectivity index (χ0n) is 10.8. The molecule has 8 nitrogen and oxygen atoms in total. The lowest BCUT2D eigenvalue weighted by molar-refractivity contribution is 0.0586. The van der Waals surface area contributed by atoms with Gasteiger partial charge in [-0.3, -0.25) is 0 Å². The number of aromatic nitrogens is 4. The van der Waals surface area contributed by atoms with Crippen LogP contribution in [0.15, 0.2) is 10.6 Å². The Morgan fingerprint density at radius 2 is 2.16 bits per heavy atom. The van der Waals surface area contributed by atoms with E-state index >= 15 is 0 Å². The van der Waals surface area contributed by atoms with Gasteiger partial charge >= 0.3 is 5.97 Å². The Hall–Kier alpha value is -2.51. The van der Waals surface area contributed by atoms with E-state index in [2.05, 4.69) is 30.2 Å². The second-order valence-corrected chi connectivity index (χ2v) is 3.80. The number of carbonyl (C=O) groups excluding carboxylic acids is 1. The molecule has 0 saturated heterocycles. The van der Waals surface area contributed by atoms with E-state index in [1.165, 1.54) is 7.11 Å². The Labute approximate surface area is 109 Å². The number of nitrogens with zero attached hydrogens (tertiary/aromatic N) is 4. The highest BCUT2D eigenvalue weighted by Gasteiger charge is 2.12. The summed E-state index contributed by atoms with van der Waals surface area (Å²) < 4.78 is 9.54. The van der Waals surface area contributed by atoms with E-state index in [0.29, 0.717) is 29.8 Å². The van der Waals surface area contributed by atoms with Gasteiger partial charge in [0.2, 0.25) is 11.7 Å². The summed E-state index contributed by atoms with van der Waals surface area (Å²) in [5, 5.41) is 6.65. The maximum atomic E-state index is 11.4. The normalized spacial score (nSPS) is 10.3. The second-order valence-electron chi connectivity index (χ2n) is 3.80. The van der Waals surface area contributed by atoms with Gasteiger partial charge in [-0.2, -0.15) is 4.98 Å². The first-order chi connectivity index (χ1) is 9.08. The Morgan fingerprint density at radius 1 is 1.37 bits per heavy atom. The van der Waals surface area contributed by atoms with Gasteiger partial charge in [0.25, 0.3) is 0 Å². The van der Waals surface area contributed by atoms with E-state index in [-0.39, 0.29) is 5.82 Å². The topological polar surface area (TPSA) is 103 Å². The molecule has 0 bridgehead atoms. The molecule has 0 unspecified atom stereocenters. The van der Waals surface area contributed by atoms with Crippen molar-refractivity contribution in [3.05, 3.63) is 29.3 Å². The standard InChI is InChI=1S/C11H13N5O3/c1-6-4-8(15-10(13-6)11(17)18-3)12-5-9-14-7(2)16-19-9/h4H,5H2,1-3H3,(H,12,13,15). The molecule has 19 heavy (non-hydrogen) atoms. The molecule has 0 amide bonds. The van der Waals surface area contributed by atoms with Crippen molar-refractivity contribution < 1.29 is 14.1 Å². The van der Waals surface area contributed by atoms with E-state index in [1.807, 2.05) is 0 Å². The number of rotatable bonds is 4. The zero-order valence-corrected chi connectivity index (χ0v) is 10.8. The van der Waals surface area contributed by atoms with Crippen LogP contribution in [0.5, 0.6) is 0 Å². The highest BCUT2D eigenvalue weighted by molar-refractivity contribution is 5.85. The fourth-order valence-electron chi connectivity index (χ4n) is 1.42. The van der Waals surface area contributed by atoms with Gasteiger partial charge in [0.1, 0.15) is 5.82 Å². The summed E-state index contributed by atoms with van der Waals surface area (Å²) in [6.07, 6.45) is 0. The molecule has 8 heteroatoms.